The second kappa shape index (κ2) is 8.03. The summed E-state index contributed by atoms with van der Waals surface area (Å²) in [7, 11) is 0. The summed E-state index contributed by atoms with van der Waals surface area (Å²) in [5, 5.41) is 0. The van der Waals surface area contributed by atoms with Crippen molar-refractivity contribution in [3.8, 4) is 5.75 Å². The summed E-state index contributed by atoms with van der Waals surface area (Å²) in [6.07, 6.45) is 1.78. The first-order valence-corrected chi connectivity index (χ1v) is 9.38. The van der Waals surface area contributed by atoms with Crippen molar-refractivity contribution in [1.29, 1.82) is 0 Å². The number of ketones is 1. The molecule has 27 heavy (non-hydrogen) atoms. The van der Waals surface area contributed by atoms with Gasteiger partial charge >= 0.3 is 6.16 Å². The second-order valence-corrected chi connectivity index (χ2v) is 7.17. The van der Waals surface area contributed by atoms with Crippen LogP contribution >= 0.6 is 0 Å². The van der Waals surface area contributed by atoms with Crippen LogP contribution in [-0.4, -0.2) is 30.8 Å². The molecule has 1 aromatic carbocycles. The van der Waals surface area contributed by atoms with Gasteiger partial charge in [-0.15, -0.1) is 0 Å². The monoisotopic (exact) mass is 374 g/mol. The van der Waals surface area contributed by atoms with E-state index in [0.29, 0.717) is 25.0 Å². The lowest BCUT2D eigenvalue weighted by Gasteiger charge is -2.36. The Morgan fingerprint density at radius 3 is 2.74 bits per heavy atom. The molecule has 6 nitrogen and oxygen atoms in total. The smallest absolute Gasteiger partial charge is 0.493 e. The molecule has 3 unspecified atom stereocenters. The Balaban J connectivity index is 1.68. The number of benzene rings is 1. The van der Waals surface area contributed by atoms with Gasteiger partial charge in [-0.1, -0.05) is 6.07 Å². The first-order valence-electron chi connectivity index (χ1n) is 9.38. The van der Waals surface area contributed by atoms with Crippen LogP contribution in [0.3, 0.4) is 0 Å². The number of carbonyl (C=O) groups is 2. The molecular weight excluding hydrogens is 348 g/mol. The molecule has 1 fully saturated rings. The van der Waals surface area contributed by atoms with E-state index < -0.39 is 6.16 Å². The topological polar surface area (TPSA) is 71.1 Å². The number of hydrogen-bond acceptors (Lipinski definition) is 6. The third-order valence-corrected chi connectivity index (χ3v) is 5.18. The van der Waals surface area contributed by atoms with Crippen LogP contribution in [0.25, 0.3) is 0 Å². The van der Waals surface area contributed by atoms with Gasteiger partial charge in [-0.05, 0) is 63.3 Å². The van der Waals surface area contributed by atoms with Crippen LogP contribution in [0.4, 0.5) is 4.79 Å². The van der Waals surface area contributed by atoms with Crippen molar-refractivity contribution >= 4 is 11.9 Å². The first-order chi connectivity index (χ1) is 12.9. The normalized spacial score (nSPS) is 24.4. The number of allylic oxidation sites excluding steroid dienone is 1. The molecule has 3 atom stereocenters. The quantitative estimate of drug-likeness (QED) is 0.738. The fraction of sp³-hybridized carbons (Fsp3) is 0.524. The van der Waals surface area contributed by atoms with E-state index in [0.717, 1.165) is 16.7 Å². The number of carbonyl (C=O) groups excluding carboxylic acids is 2. The Hall–Kier alpha value is -2.50. The van der Waals surface area contributed by atoms with Crippen molar-refractivity contribution in [1.82, 2.24) is 0 Å². The van der Waals surface area contributed by atoms with Gasteiger partial charge in [-0.25, -0.2) is 4.79 Å². The van der Waals surface area contributed by atoms with Gasteiger partial charge in [-0.3, -0.25) is 4.79 Å². The van der Waals surface area contributed by atoms with Crippen LogP contribution in [0.2, 0.25) is 0 Å². The maximum absolute atomic E-state index is 12.9. The lowest BCUT2D eigenvalue weighted by atomic mass is 9.80. The van der Waals surface area contributed by atoms with Crippen LogP contribution in [0, 0.1) is 26.7 Å². The molecule has 146 valence electrons. The highest BCUT2D eigenvalue weighted by molar-refractivity contribution is 5.96. The van der Waals surface area contributed by atoms with E-state index in [1.165, 1.54) is 6.26 Å². The van der Waals surface area contributed by atoms with E-state index in [-0.39, 0.29) is 36.3 Å². The molecular formula is C21H26O6. The molecule has 3 rings (SSSR count). The molecule has 6 heteroatoms. The zero-order chi connectivity index (χ0) is 19.6. The van der Waals surface area contributed by atoms with Crippen molar-refractivity contribution in [2.45, 2.75) is 59.2 Å². The third kappa shape index (κ3) is 4.26. The molecule has 1 heterocycles. The fourth-order valence-electron chi connectivity index (χ4n) is 3.63. The van der Waals surface area contributed by atoms with Crippen LogP contribution in [-0.2, 0) is 19.0 Å². The maximum Gasteiger partial charge on any atom is 0.508 e. The summed E-state index contributed by atoms with van der Waals surface area (Å²) >= 11 is 0. The Morgan fingerprint density at radius 1 is 1.22 bits per heavy atom. The molecule has 1 aliphatic carbocycles. The average Bonchev–Trinajstić information content (AvgIpc) is 2.61. The van der Waals surface area contributed by atoms with E-state index in [4.69, 9.17) is 18.9 Å². The van der Waals surface area contributed by atoms with Gasteiger partial charge in [0.15, 0.2) is 0 Å². The van der Waals surface area contributed by atoms with E-state index in [9.17, 15) is 9.59 Å². The van der Waals surface area contributed by atoms with Gasteiger partial charge in [-0.2, -0.15) is 0 Å². The van der Waals surface area contributed by atoms with Crippen molar-refractivity contribution in [2.75, 3.05) is 6.61 Å². The number of ether oxygens (including phenoxy) is 4. The van der Waals surface area contributed by atoms with Crippen LogP contribution in [0.5, 0.6) is 5.75 Å². The molecule has 0 bridgehead atoms. The number of rotatable bonds is 4. The van der Waals surface area contributed by atoms with Gasteiger partial charge in [0.1, 0.15) is 24.2 Å². The minimum absolute atomic E-state index is 0.0561. The van der Waals surface area contributed by atoms with E-state index in [1.54, 1.807) is 6.92 Å². The van der Waals surface area contributed by atoms with Crippen molar-refractivity contribution in [3.05, 3.63) is 40.8 Å². The van der Waals surface area contributed by atoms with Gasteiger partial charge in [0.25, 0.3) is 0 Å². The molecule has 0 saturated heterocycles. The first kappa shape index (κ1) is 19.3. The molecule has 1 aliphatic heterocycles. The average molecular weight is 374 g/mol. The minimum Gasteiger partial charge on any atom is -0.493 e. The summed E-state index contributed by atoms with van der Waals surface area (Å²) in [5.74, 6) is 0.570. The number of hydrogen-bond donors (Lipinski definition) is 0. The number of aryl methyl sites for hydroxylation is 2. The van der Waals surface area contributed by atoms with Gasteiger partial charge in [0.05, 0.1) is 12.5 Å². The van der Waals surface area contributed by atoms with Crippen molar-refractivity contribution < 1.29 is 28.5 Å². The Kier molecular flexibility index (Phi) is 5.73. The highest BCUT2D eigenvalue weighted by Crippen LogP contribution is 2.36. The lowest BCUT2D eigenvalue weighted by molar-refractivity contribution is -0.132. The Morgan fingerprint density at radius 2 is 2.00 bits per heavy atom. The highest BCUT2D eigenvalue weighted by Gasteiger charge is 2.42. The molecule has 0 amide bonds. The summed E-state index contributed by atoms with van der Waals surface area (Å²) in [5.41, 5.74) is 3.19. The van der Waals surface area contributed by atoms with E-state index >= 15 is 0 Å². The third-order valence-electron chi connectivity index (χ3n) is 5.18. The molecule has 2 aliphatic rings. The zero-order valence-corrected chi connectivity index (χ0v) is 16.2. The zero-order valence-electron chi connectivity index (χ0n) is 16.2. The van der Waals surface area contributed by atoms with Gasteiger partial charge < -0.3 is 18.9 Å². The van der Waals surface area contributed by atoms with Gasteiger partial charge in [0, 0.05) is 6.42 Å². The molecule has 0 radical (unpaired) electrons. The number of fused-ring (bicyclic) bond motifs is 1. The SMILES string of the molecule is CCOC(=O)OC1CCC2C(=O)C(Oc3cc(C)cc(C)c3C)=COC2C1. The highest BCUT2D eigenvalue weighted by atomic mass is 16.7. The van der Waals surface area contributed by atoms with E-state index in [2.05, 4.69) is 6.07 Å². The van der Waals surface area contributed by atoms with Crippen molar-refractivity contribution in [3.63, 3.8) is 0 Å². The maximum atomic E-state index is 12.9. The fourth-order valence-corrected chi connectivity index (χ4v) is 3.63. The van der Waals surface area contributed by atoms with Crippen molar-refractivity contribution in [2.24, 2.45) is 5.92 Å². The standard InChI is InChI=1S/C21H26O6/c1-5-24-21(23)26-15-6-7-16-18(10-15)25-11-19(20(16)22)27-17-9-12(2)8-13(3)14(17)4/h8-9,11,15-16,18H,5-7,10H2,1-4H3. The summed E-state index contributed by atoms with van der Waals surface area (Å²) in [6.45, 7) is 7.98. The largest absolute Gasteiger partial charge is 0.508 e. The minimum atomic E-state index is -0.673. The predicted molar refractivity (Wildman–Crippen MR) is 98.5 cm³/mol. The van der Waals surface area contributed by atoms with Gasteiger partial charge in [0.2, 0.25) is 11.5 Å². The lowest BCUT2D eigenvalue weighted by Crippen LogP contribution is -2.43. The van der Waals surface area contributed by atoms with E-state index in [1.807, 2.05) is 26.8 Å². The van der Waals surface area contributed by atoms with Crippen LogP contribution in [0.1, 0.15) is 42.9 Å². The molecule has 1 aromatic rings. The summed E-state index contributed by atoms with van der Waals surface area (Å²) in [6, 6.07) is 4.00. The molecule has 1 saturated carbocycles. The summed E-state index contributed by atoms with van der Waals surface area (Å²) < 4.78 is 21.8. The number of Topliss-reactive ketones (excluding diaryl/α,β-unsaturated/α-hetero) is 1. The van der Waals surface area contributed by atoms with Crippen LogP contribution < -0.4 is 4.74 Å². The molecule has 0 aromatic heterocycles. The Labute approximate surface area is 159 Å². The predicted octanol–water partition coefficient (Wildman–Crippen LogP) is 4.14. The second-order valence-electron chi connectivity index (χ2n) is 7.17. The molecule has 0 spiro atoms. The molecule has 0 N–H and O–H groups in total. The summed E-state index contributed by atoms with van der Waals surface area (Å²) in [4.78, 5) is 24.4. The van der Waals surface area contributed by atoms with Crippen LogP contribution in [0.15, 0.2) is 24.2 Å². The Bertz CT molecular complexity index is 766.